The van der Waals surface area contributed by atoms with Crippen LogP contribution < -0.4 is 0 Å². The summed E-state index contributed by atoms with van der Waals surface area (Å²) in [5.41, 5.74) is 1.56. The molecule has 0 aliphatic rings. The summed E-state index contributed by atoms with van der Waals surface area (Å²) in [6.07, 6.45) is 3.40. The minimum atomic E-state index is -0.623. The largest absolute Gasteiger partial charge is 0.464 e. The minimum Gasteiger partial charge on any atom is -0.464 e. The van der Waals surface area contributed by atoms with Gasteiger partial charge in [-0.15, -0.1) is 0 Å². The molecule has 4 rings (SSSR count). The Morgan fingerprint density at radius 2 is 2.00 bits per heavy atom. The molecule has 0 fully saturated rings. The Hall–Kier alpha value is -3.03. The molecular weight excluding hydrogens is 418 g/mol. The number of aromatic nitrogens is 4. The quantitative estimate of drug-likeness (QED) is 0.436. The van der Waals surface area contributed by atoms with Crippen molar-refractivity contribution in [1.29, 1.82) is 0 Å². The second kappa shape index (κ2) is 7.77. The van der Waals surface area contributed by atoms with Crippen molar-refractivity contribution >= 4 is 40.2 Å². The van der Waals surface area contributed by atoms with E-state index in [4.69, 9.17) is 27.9 Å². The summed E-state index contributed by atoms with van der Waals surface area (Å²) in [6.45, 7) is 0.329. The zero-order chi connectivity index (χ0) is 20.5. The van der Waals surface area contributed by atoms with Gasteiger partial charge in [-0.3, -0.25) is 4.98 Å². The number of halogens is 3. The topological polar surface area (TPSA) is 69.9 Å². The molecule has 0 atom stereocenters. The van der Waals surface area contributed by atoms with Crippen LogP contribution in [0.15, 0.2) is 48.8 Å². The van der Waals surface area contributed by atoms with Crippen LogP contribution >= 0.6 is 23.2 Å². The van der Waals surface area contributed by atoms with Gasteiger partial charge in [0.2, 0.25) is 0 Å². The molecule has 0 saturated heterocycles. The Morgan fingerprint density at radius 3 is 2.72 bits per heavy atom. The SMILES string of the molecule is COC(=O)c1nc(-c2ccc(Cl)c(F)c2)nc2c1ccn2Cc1ncccc1Cl. The highest BCUT2D eigenvalue weighted by Gasteiger charge is 2.20. The van der Waals surface area contributed by atoms with Gasteiger partial charge in [0.1, 0.15) is 11.5 Å². The Labute approximate surface area is 174 Å². The number of benzene rings is 1. The van der Waals surface area contributed by atoms with Crippen LogP contribution in [0.25, 0.3) is 22.4 Å². The fourth-order valence-electron chi connectivity index (χ4n) is 2.91. The molecule has 0 spiro atoms. The first-order chi connectivity index (χ1) is 14.0. The van der Waals surface area contributed by atoms with Crippen LogP contribution in [0, 0.1) is 5.82 Å². The van der Waals surface area contributed by atoms with Crippen molar-refractivity contribution in [2.24, 2.45) is 0 Å². The fraction of sp³-hybridized carbons (Fsp3) is 0.100. The van der Waals surface area contributed by atoms with Gasteiger partial charge in [-0.1, -0.05) is 23.2 Å². The second-order valence-corrected chi connectivity index (χ2v) is 6.94. The number of esters is 1. The van der Waals surface area contributed by atoms with Crippen LogP contribution in [0.4, 0.5) is 4.39 Å². The zero-order valence-electron chi connectivity index (χ0n) is 15.1. The molecule has 3 aromatic heterocycles. The van der Waals surface area contributed by atoms with Crippen molar-refractivity contribution in [1.82, 2.24) is 19.5 Å². The van der Waals surface area contributed by atoms with Crippen LogP contribution in [0.5, 0.6) is 0 Å². The maximum atomic E-state index is 13.9. The number of fused-ring (bicyclic) bond motifs is 1. The molecule has 9 heteroatoms. The third-order valence-electron chi connectivity index (χ3n) is 4.33. The van der Waals surface area contributed by atoms with Crippen LogP contribution in [0.3, 0.4) is 0 Å². The predicted molar refractivity (Wildman–Crippen MR) is 108 cm³/mol. The van der Waals surface area contributed by atoms with Gasteiger partial charge in [0, 0.05) is 18.0 Å². The Balaban J connectivity index is 1.90. The molecule has 29 heavy (non-hydrogen) atoms. The van der Waals surface area contributed by atoms with E-state index in [-0.39, 0.29) is 16.5 Å². The summed E-state index contributed by atoms with van der Waals surface area (Å²) in [7, 11) is 1.27. The first-order valence-electron chi connectivity index (χ1n) is 8.48. The highest BCUT2D eigenvalue weighted by atomic mass is 35.5. The van der Waals surface area contributed by atoms with Gasteiger partial charge in [-0.2, -0.15) is 0 Å². The van der Waals surface area contributed by atoms with Crippen LogP contribution in [0.1, 0.15) is 16.2 Å². The first kappa shape index (κ1) is 19.3. The molecule has 0 N–H and O–H groups in total. The van der Waals surface area contributed by atoms with Crippen molar-refractivity contribution in [3.63, 3.8) is 0 Å². The summed E-state index contributed by atoms with van der Waals surface area (Å²) in [5, 5.41) is 0.995. The van der Waals surface area contributed by atoms with Crippen LogP contribution in [0.2, 0.25) is 10.0 Å². The van der Waals surface area contributed by atoms with Gasteiger partial charge in [-0.05, 0) is 36.4 Å². The molecule has 0 bridgehead atoms. The van der Waals surface area contributed by atoms with E-state index in [0.29, 0.717) is 33.9 Å². The zero-order valence-corrected chi connectivity index (χ0v) is 16.6. The molecule has 0 aliphatic carbocycles. The highest BCUT2D eigenvalue weighted by molar-refractivity contribution is 6.31. The predicted octanol–water partition coefficient (Wildman–Crippen LogP) is 4.77. The fourth-order valence-corrected chi connectivity index (χ4v) is 3.20. The Morgan fingerprint density at radius 1 is 1.17 bits per heavy atom. The lowest BCUT2D eigenvalue weighted by atomic mass is 10.2. The third kappa shape index (κ3) is 3.66. The average Bonchev–Trinajstić information content (AvgIpc) is 3.13. The molecule has 6 nitrogen and oxygen atoms in total. The van der Waals surface area contributed by atoms with Crippen molar-refractivity contribution in [2.75, 3.05) is 7.11 Å². The van der Waals surface area contributed by atoms with E-state index in [9.17, 15) is 9.18 Å². The lowest BCUT2D eigenvalue weighted by Crippen LogP contribution is -2.09. The van der Waals surface area contributed by atoms with Crippen molar-refractivity contribution < 1.29 is 13.9 Å². The molecule has 0 saturated carbocycles. The first-order valence-corrected chi connectivity index (χ1v) is 9.23. The number of ether oxygens (including phenoxy) is 1. The molecule has 0 radical (unpaired) electrons. The highest BCUT2D eigenvalue weighted by Crippen LogP contribution is 2.27. The van der Waals surface area contributed by atoms with E-state index in [0.717, 1.165) is 0 Å². The Bertz CT molecular complexity index is 1240. The number of hydrogen-bond donors (Lipinski definition) is 0. The molecule has 146 valence electrons. The van der Waals surface area contributed by atoms with E-state index in [1.807, 2.05) is 0 Å². The van der Waals surface area contributed by atoms with Crippen molar-refractivity contribution in [3.8, 4) is 11.4 Å². The smallest absolute Gasteiger partial charge is 0.357 e. The summed E-state index contributed by atoms with van der Waals surface area (Å²) < 4.78 is 20.6. The normalized spacial score (nSPS) is 11.0. The van der Waals surface area contributed by atoms with Crippen molar-refractivity contribution in [3.05, 3.63) is 76.0 Å². The molecule has 0 aliphatic heterocycles. The van der Waals surface area contributed by atoms with Gasteiger partial charge in [0.25, 0.3) is 0 Å². The summed E-state index contributed by atoms with van der Waals surface area (Å²) in [4.78, 5) is 25.4. The van der Waals surface area contributed by atoms with Gasteiger partial charge in [0.15, 0.2) is 11.5 Å². The third-order valence-corrected chi connectivity index (χ3v) is 4.98. The molecule has 4 aromatic rings. The molecule has 0 unspecified atom stereocenters. The van der Waals surface area contributed by atoms with Crippen molar-refractivity contribution in [2.45, 2.75) is 6.54 Å². The van der Waals surface area contributed by atoms with Gasteiger partial charge < -0.3 is 9.30 Å². The standard InChI is InChI=1S/C20H13Cl2FN4O2/c1-29-20(28)17-12-6-8-27(10-16-14(22)3-2-7-24-16)19(12)26-18(25-17)11-4-5-13(21)15(23)9-11/h2-9H,10H2,1H3. The van der Waals surface area contributed by atoms with Gasteiger partial charge in [0.05, 0.1) is 34.8 Å². The van der Waals surface area contributed by atoms with E-state index in [1.165, 1.54) is 19.2 Å². The lowest BCUT2D eigenvalue weighted by molar-refractivity contribution is 0.0596. The number of carbonyl (C=O) groups excluding carboxylic acids is 1. The number of nitrogens with zero attached hydrogens (tertiary/aromatic N) is 4. The number of rotatable bonds is 4. The molecule has 1 aromatic carbocycles. The van der Waals surface area contributed by atoms with E-state index in [1.54, 1.807) is 41.2 Å². The number of hydrogen-bond acceptors (Lipinski definition) is 5. The number of carbonyl (C=O) groups is 1. The maximum Gasteiger partial charge on any atom is 0.357 e. The molecule has 0 amide bonds. The van der Waals surface area contributed by atoms with Crippen LogP contribution in [-0.2, 0) is 11.3 Å². The van der Waals surface area contributed by atoms with E-state index in [2.05, 4.69) is 15.0 Å². The molecule has 3 heterocycles. The van der Waals surface area contributed by atoms with Gasteiger partial charge in [-0.25, -0.2) is 19.2 Å². The Kier molecular flexibility index (Phi) is 5.17. The summed E-state index contributed by atoms with van der Waals surface area (Å²) in [6, 6.07) is 9.40. The number of pyridine rings is 1. The molecular formula is C20H13Cl2FN4O2. The maximum absolute atomic E-state index is 13.9. The monoisotopic (exact) mass is 430 g/mol. The summed E-state index contributed by atoms with van der Waals surface area (Å²) >= 11 is 12.0. The lowest BCUT2D eigenvalue weighted by Gasteiger charge is -2.09. The number of methoxy groups -OCH3 is 1. The minimum absolute atomic E-state index is 0.0174. The van der Waals surface area contributed by atoms with Gasteiger partial charge >= 0.3 is 5.97 Å². The van der Waals surface area contributed by atoms with E-state index >= 15 is 0 Å². The van der Waals surface area contributed by atoms with Crippen LogP contribution in [-0.4, -0.2) is 32.6 Å². The summed E-state index contributed by atoms with van der Waals surface area (Å²) in [5.74, 6) is -1.06. The average molecular weight is 431 g/mol. The second-order valence-electron chi connectivity index (χ2n) is 6.13. The van der Waals surface area contributed by atoms with E-state index < -0.39 is 11.8 Å².